The summed E-state index contributed by atoms with van der Waals surface area (Å²) in [6.45, 7) is 2.21. The number of aromatic amines is 2. The number of amides is 1. The van der Waals surface area contributed by atoms with Crippen LogP contribution in [0.5, 0.6) is 0 Å². The number of H-pyrrole nitrogens is 2. The van der Waals surface area contributed by atoms with Gasteiger partial charge in [0.1, 0.15) is 5.82 Å². The first-order chi connectivity index (χ1) is 11.2. The molecule has 1 aromatic carbocycles. The van der Waals surface area contributed by atoms with Gasteiger partial charge >= 0.3 is 0 Å². The van der Waals surface area contributed by atoms with Crippen molar-refractivity contribution in [1.29, 1.82) is 0 Å². The Kier molecular flexibility index (Phi) is 3.38. The van der Waals surface area contributed by atoms with Crippen LogP contribution in [-0.4, -0.2) is 57.3 Å². The van der Waals surface area contributed by atoms with Gasteiger partial charge in [0.15, 0.2) is 0 Å². The summed E-state index contributed by atoms with van der Waals surface area (Å²) in [7, 11) is 2.07. The summed E-state index contributed by atoms with van der Waals surface area (Å²) in [6.07, 6.45) is 5.47. The van der Waals surface area contributed by atoms with Crippen LogP contribution in [0.2, 0.25) is 0 Å². The van der Waals surface area contributed by atoms with Crippen molar-refractivity contribution in [3.05, 3.63) is 54.2 Å². The molecule has 0 saturated carbocycles. The number of imidazole rings is 1. The van der Waals surface area contributed by atoms with Gasteiger partial charge in [0, 0.05) is 49.3 Å². The van der Waals surface area contributed by atoms with E-state index in [1.54, 1.807) is 6.20 Å². The predicted molar refractivity (Wildman–Crippen MR) is 88.2 cm³/mol. The van der Waals surface area contributed by atoms with Crippen molar-refractivity contribution in [1.82, 2.24) is 24.8 Å². The van der Waals surface area contributed by atoms with E-state index in [9.17, 15) is 4.79 Å². The molecule has 4 rings (SSSR count). The van der Waals surface area contributed by atoms with Crippen LogP contribution in [0.15, 0.2) is 42.9 Å². The second kappa shape index (κ2) is 5.55. The van der Waals surface area contributed by atoms with E-state index in [-0.39, 0.29) is 11.9 Å². The fraction of sp³-hybridized carbons (Fsp3) is 0.294. The second-order valence-corrected chi connectivity index (χ2v) is 6.00. The van der Waals surface area contributed by atoms with Crippen molar-refractivity contribution in [2.75, 3.05) is 26.7 Å². The van der Waals surface area contributed by atoms with Crippen molar-refractivity contribution >= 4 is 16.8 Å². The third kappa shape index (κ3) is 2.51. The molecule has 6 nitrogen and oxygen atoms in total. The molecule has 0 spiro atoms. The maximum atomic E-state index is 12.9. The first kappa shape index (κ1) is 14.0. The fourth-order valence-electron chi connectivity index (χ4n) is 3.18. The van der Waals surface area contributed by atoms with Crippen molar-refractivity contribution in [3.63, 3.8) is 0 Å². The van der Waals surface area contributed by atoms with E-state index in [1.807, 2.05) is 41.6 Å². The Morgan fingerprint density at radius 2 is 2.13 bits per heavy atom. The Morgan fingerprint density at radius 3 is 2.96 bits per heavy atom. The lowest BCUT2D eigenvalue weighted by atomic mass is 10.1. The Hall–Kier alpha value is -2.60. The molecule has 23 heavy (non-hydrogen) atoms. The molecule has 1 aliphatic heterocycles. The molecular weight excluding hydrogens is 290 g/mol. The maximum Gasteiger partial charge on any atom is 0.254 e. The van der Waals surface area contributed by atoms with E-state index in [2.05, 4.69) is 26.9 Å². The number of rotatable bonds is 2. The second-order valence-electron chi connectivity index (χ2n) is 6.00. The van der Waals surface area contributed by atoms with Crippen molar-refractivity contribution < 1.29 is 4.79 Å². The van der Waals surface area contributed by atoms with E-state index in [0.717, 1.165) is 35.4 Å². The maximum absolute atomic E-state index is 12.9. The molecule has 1 amide bonds. The standard InChI is InChI=1S/C17H19N5O/c1-21-8-9-22(11-15(21)16-19-6-7-20-16)17(23)13-3-2-12-4-5-18-14(12)10-13/h2-7,10,15,18H,8-9,11H2,1H3,(H,19,20)/t15-/m1/s1. The minimum absolute atomic E-state index is 0.0751. The highest BCUT2D eigenvalue weighted by Gasteiger charge is 2.30. The number of likely N-dealkylation sites (N-methyl/N-ethyl adjacent to an activating group) is 1. The van der Waals surface area contributed by atoms with Gasteiger partial charge in [0.25, 0.3) is 5.91 Å². The lowest BCUT2D eigenvalue weighted by molar-refractivity contribution is 0.0534. The average Bonchev–Trinajstić information content (AvgIpc) is 3.25. The number of nitrogens with one attached hydrogen (secondary N) is 2. The molecule has 0 aliphatic carbocycles. The highest BCUT2D eigenvalue weighted by Crippen LogP contribution is 2.23. The monoisotopic (exact) mass is 309 g/mol. The largest absolute Gasteiger partial charge is 0.361 e. The molecule has 0 bridgehead atoms. The Balaban J connectivity index is 1.58. The molecule has 2 aromatic heterocycles. The van der Waals surface area contributed by atoms with E-state index < -0.39 is 0 Å². The molecule has 1 saturated heterocycles. The van der Waals surface area contributed by atoms with Crippen LogP contribution in [0.4, 0.5) is 0 Å². The highest BCUT2D eigenvalue weighted by atomic mass is 16.2. The molecule has 2 N–H and O–H groups in total. The summed E-state index contributed by atoms with van der Waals surface area (Å²) in [5, 5.41) is 1.12. The van der Waals surface area contributed by atoms with Crippen molar-refractivity contribution in [2.24, 2.45) is 0 Å². The number of carbonyl (C=O) groups excluding carboxylic acids is 1. The normalized spacial score (nSPS) is 19.3. The number of fused-ring (bicyclic) bond motifs is 1. The quantitative estimate of drug-likeness (QED) is 0.761. The van der Waals surface area contributed by atoms with Crippen LogP contribution in [0.3, 0.4) is 0 Å². The number of hydrogen-bond acceptors (Lipinski definition) is 3. The molecule has 0 radical (unpaired) electrons. The van der Waals surface area contributed by atoms with Crippen LogP contribution in [0.25, 0.3) is 10.9 Å². The number of nitrogens with zero attached hydrogens (tertiary/aromatic N) is 3. The summed E-state index contributed by atoms with van der Waals surface area (Å²) in [6, 6.07) is 7.93. The van der Waals surface area contributed by atoms with Gasteiger partial charge in [-0.25, -0.2) is 4.98 Å². The highest BCUT2D eigenvalue weighted by molar-refractivity contribution is 5.98. The van der Waals surface area contributed by atoms with E-state index in [4.69, 9.17) is 0 Å². The molecular formula is C17H19N5O. The van der Waals surface area contributed by atoms with Crippen molar-refractivity contribution in [3.8, 4) is 0 Å². The molecule has 118 valence electrons. The van der Waals surface area contributed by atoms with Crippen LogP contribution < -0.4 is 0 Å². The first-order valence-electron chi connectivity index (χ1n) is 7.78. The number of aromatic nitrogens is 3. The van der Waals surface area contributed by atoms with Crippen LogP contribution in [0, 0.1) is 0 Å². The number of benzene rings is 1. The molecule has 6 heteroatoms. The molecule has 1 atom stereocenters. The van der Waals surface area contributed by atoms with Gasteiger partial charge in [0.2, 0.25) is 0 Å². The van der Waals surface area contributed by atoms with Crippen molar-refractivity contribution in [2.45, 2.75) is 6.04 Å². The third-order valence-electron chi connectivity index (χ3n) is 4.57. The SMILES string of the molecule is CN1CCN(C(=O)c2ccc3cc[nH]c3c2)C[C@@H]1c1ncc[nH]1. The number of hydrogen-bond donors (Lipinski definition) is 2. The number of piperazine rings is 1. The zero-order chi connectivity index (χ0) is 15.8. The minimum atomic E-state index is 0.0751. The van der Waals surface area contributed by atoms with Crippen LogP contribution >= 0.6 is 0 Å². The Labute approximate surface area is 134 Å². The Morgan fingerprint density at radius 1 is 1.22 bits per heavy atom. The summed E-state index contributed by atoms with van der Waals surface area (Å²) in [4.78, 5) is 27.7. The zero-order valence-electron chi connectivity index (χ0n) is 13.0. The van der Waals surface area contributed by atoms with Crippen LogP contribution in [0.1, 0.15) is 22.2 Å². The summed E-state index contributed by atoms with van der Waals surface area (Å²) in [5.74, 6) is 0.982. The predicted octanol–water partition coefficient (Wildman–Crippen LogP) is 2.02. The van der Waals surface area contributed by atoms with E-state index >= 15 is 0 Å². The van der Waals surface area contributed by atoms with Gasteiger partial charge in [-0.3, -0.25) is 9.69 Å². The lowest BCUT2D eigenvalue weighted by Crippen LogP contribution is -2.49. The van der Waals surface area contributed by atoms with Gasteiger partial charge in [-0.05, 0) is 30.6 Å². The molecule has 0 unspecified atom stereocenters. The summed E-state index contributed by atoms with van der Waals surface area (Å²) >= 11 is 0. The third-order valence-corrected chi connectivity index (χ3v) is 4.57. The Bertz CT molecular complexity index is 823. The van der Waals surface area contributed by atoms with Gasteiger partial charge in [0.05, 0.1) is 6.04 Å². The minimum Gasteiger partial charge on any atom is -0.361 e. The molecule has 3 aromatic rings. The fourth-order valence-corrected chi connectivity index (χ4v) is 3.18. The van der Waals surface area contributed by atoms with Gasteiger partial charge in [-0.1, -0.05) is 6.07 Å². The molecule has 1 aliphatic rings. The average molecular weight is 309 g/mol. The van der Waals surface area contributed by atoms with Gasteiger partial charge in [-0.2, -0.15) is 0 Å². The van der Waals surface area contributed by atoms with Crippen LogP contribution in [-0.2, 0) is 0 Å². The summed E-state index contributed by atoms with van der Waals surface area (Å²) < 4.78 is 0. The summed E-state index contributed by atoms with van der Waals surface area (Å²) in [5.41, 5.74) is 1.72. The molecule has 3 heterocycles. The zero-order valence-corrected chi connectivity index (χ0v) is 13.0. The topological polar surface area (TPSA) is 68.0 Å². The van der Waals surface area contributed by atoms with Gasteiger partial charge < -0.3 is 14.9 Å². The first-order valence-corrected chi connectivity index (χ1v) is 7.78. The molecule has 1 fully saturated rings. The van der Waals surface area contributed by atoms with E-state index in [0.29, 0.717) is 6.54 Å². The number of carbonyl (C=O) groups is 1. The smallest absolute Gasteiger partial charge is 0.254 e. The van der Waals surface area contributed by atoms with Gasteiger partial charge in [-0.15, -0.1) is 0 Å². The van der Waals surface area contributed by atoms with E-state index in [1.165, 1.54) is 0 Å². The lowest BCUT2D eigenvalue weighted by Gasteiger charge is -2.38.